The summed E-state index contributed by atoms with van der Waals surface area (Å²) in [5, 5.41) is 3.10. The minimum Gasteiger partial charge on any atom is -0.370 e. The highest BCUT2D eigenvalue weighted by Crippen LogP contribution is 2.15. The average molecular weight is 161 g/mol. The number of nitrogens with two attached hydrogens (primary N) is 1. The highest BCUT2D eigenvalue weighted by molar-refractivity contribution is 5.80. The largest absolute Gasteiger partial charge is 0.370 e. The van der Waals surface area contributed by atoms with E-state index in [0.717, 1.165) is 6.54 Å². The summed E-state index contributed by atoms with van der Waals surface area (Å²) in [5.74, 6) is 0.545. The lowest BCUT2D eigenvalue weighted by Crippen LogP contribution is -2.29. The molecular formula is C9H11N3. The number of aliphatic imine (C=N–C) groups is 1. The van der Waals surface area contributed by atoms with Gasteiger partial charge in [0, 0.05) is 0 Å². The Hall–Kier alpha value is -1.51. The van der Waals surface area contributed by atoms with Crippen LogP contribution in [-0.2, 0) is 0 Å². The molecule has 1 heterocycles. The molecule has 3 N–H and O–H groups in total. The van der Waals surface area contributed by atoms with E-state index in [1.165, 1.54) is 5.56 Å². The Kier molecular flexibility index (Phi) is 1.70. The lowest BCUT2D eigenvalue weighted by Gasteiger charge is -2.09. The van der Waals surface area contributed by atoms with Crippen LogP contribution in [0.15, 0.2) is 35.3 Å². The number of benzene rings is 1. The fourth-order valence-electron chi connectivity index (χ4n) is 1.33. The van der Waals surface area contributed by atoms with Gasteiger partial charge in [0.05, 0.1) is 12.6 Å². The maximum Gasteiger partial charge on any atom is 0.189 e. The molecule has 0 spiro atoms. The summed E-state index contributed by atoms with van der Waals surface area (Å²) in [6.45, 7) is 0.746. The smallest absolute Gasteiger partial charge is 0.189 e. The summed E-state index contributed by atoms with van der Waals surface area (Å²) in [6.07, 6.45) is 0. The van der Waals surface area contributed by atoms with Gasteiger partial charge >= 0.3 is 0 Å². The Labute approximate surface area is 71.3 Å². The first-order valence-electron chi connectivity index (χ1n) is 3.97. The summed E-state index contributed by atoms with van der Waals surface area (Å²) in [6, 6.07) is 10.5. The number of nitrogens with one attached hydrogen (secondary N) is 1. The molecule has 1 aromatic carbocycles. The molecule has 0 bridgehead atoms. The van der Waals surface area contributed by atoms with E-state index in [4.69, 9.17) is 5.73 Å². The van der Waals surface area contributed by atoms with Gasteiger partial charge in [-0.05, 0) is 5.56 Å². The molecule has 0 saturated heterocycles. The molecule has 0 aliphatic carbocycles. The van der Waals surface area contributed by atoms with Gasteiger partial charge in [0.25, 0.3) is 0 Å². The summed E-state index contributed by atoms with van der Waals surface area (Å²) in [4.78, 5) is 4.08. The molecule has 3 nitrogen and oxygen atoms in total. The van der Waals surface area contributed by atoms with Gasteiger partial charge in [-0.3, -0.25) is 4.99 Å². The van der Waals surface area contributed by atoms with Crippen LogP contribution in [-0.4, -0.2) is 12.5 Å². The second-order valence-electron chi connectivity index (χ2n) is 2.83. The van der Waals surface area contributed by atoms with Crippen molar-refractivity contribution < 1.29 is 0 Å². The number of nitrogens with zero attached hydrogens (tertiary/aromatic N) is 1. The fraction of sp³-hybridized carbons (Fsp3) is 0.222. The maximum absolute atomic E-state index is 5.50. The normalized spacial score (nSPS) is 21.7. The van der Waals surface area contributed by atoms with Crippen LogP contribution in [0.5, 0.6) is 0 Å². The second-order valence-corrected chi connectivity index (χ2v) is 2.83. The van der Waals surface area contributed by atoms with Crippen molar-refractivity contribution in [3.8, 4) is 0 Å². The van der Waals surface area contributed by atoms with Crippen LogP contribution in [0, 0.1) is 0 Å². The Morgan fingerprint density at radius 1 is 1.33 bits per heavy atom. The minimum absolute atomic E-state index is 0.270. The van der Waals surface area contributed by atoms with Gasteiger partial charge in [0.15, 0.2) is 5.96 Å². The van der Waals surface area contributed by atoms with Gasteiger partial charge < -0.3 is 11.1 Å². The van der Waals surface area contributed by atoms with Crippen molar-refractivity contribution in [2.45, 2.75) is 6.04 Å². The number of hydrogen-bond donors (Lipinski definition) is 2. The third-order valence-corrected chi connectivity index (χ3v) is 1.97. The van der Waals surface area contributed by atoms with Gasteiger partial charge in [0.1, 0.15) is 0 Å². The van der Waals surface area contributed by atoms with E-state index in [1.54, 1.807) is 0 Å². The van der Waals surface area contributed by atoms with E-state index in [0.29, 0.717) is 5.96 Å². The van der Waals surface area contributed by atoms with Crippen LogP contribution in [0.4, 0.5) is 0 Å². The molecule has 1 aliphatic heterocycles. The first kappa shape index (κ1) is 7.16. The van der Waals surface area contributed by atoms with Crippen LogP contribution < -0.4 is 11.1 Å². The van der Waals surface area contributed by atoms with Gasteiger partial charge in [0.2, 0.25) is 0 Å². The Morgan fingerprint density at radius 2 is 2.08 bits per heavy atom. The Balaban J connectivity index is 2.14. The van der Waals surface area contributed by atoms with Crippen LogP contribution in [0.3, 0.4) is 0 Å². The fourth-order valence-corrected chi connectivity index (χ4v) is 1.33. The van der Waals surface area contributed by atoms with E-state index in [-0.39, 0.29) is 6.04 Å². The van der Waals surface area contributed by atoms with E-state index < -0.39 is 0 Å². The lowest BCUT2D eigenvalue weighted by molar-refractivity contribution is 0.708. The van der Waals surface area contributed by atoms with Gasteiger partial charge in [-0.25, -0.2) is 0 Å². The molecular weight excluding hydrogens is 150 g/mol. The lowest BCUT2D eigenvalue weighted by atomic mass is 10.1. The Morgan fingerprint density at radius 3 is 2.67 bits per heavy atom. The van der Waals surface area contributed by atoms with Crippen molar-refractivity contribution in [3.63, 3.8) is 0 Å². The number of guanidine groups is 1. The standard InChI is InChI=1S/C9H11N3/c10-9-11-6-8(12-9)7-4-2-1-3-5-7/h1-5,8H,6H2,(H3,10,11,12)/t8-/m1/s1. The zero-order chi connectivity index (χ0) is 8.39. The zero-order valence-corrected chi connectivity index (χ0v) is 6.70. The van der Waals surface area contributed by atoms with Gasteiger partial charge in [-0.2, -0.15) is 0 Å². The monoisotopic (exact) mass is 161 g/mol. The molecule has 0 aromatic heterocycles. The van der Waals surface area contributed by atoms with Gasteiger partial charge in [-0.1, -0.05) is 30.3 Å². The van der Waals surface area contributed by atoms with E-state index in [2.05, 4.69) is 22.4 Å². The molecule has 0 fully saturated rings. The molecule has 0 saturated carbocycles. The number of rotatable bonds is 1. The van der Waals surface area contributed by atoms with Crippen molar-refractivity contribution in [2.24, 2.45) is 10.7 Å². The van der Waals surface area contributed by atoms with Crippen LogP contribution in [0.25, 0.3) is 0 Å². The molecule has 2 rings (SSSR count). The SMILES string of the molecule is NC1=NC[C@H](c2ccccc2)N1. The minimum atomic E-state index is 0.270. The summed E-state index contributed by atoms with van der Waals surface area (Å²) in [7, 11) is 0. The summed E-state index contributed by atoms with van der Waals surface area (Å²) < 4.78 is 0. The van der Waals surface area contributed by atoms with Crippen molar-refractivity contribution >= 4 is 5.96 Å². The van der Waals surface area contributed by atoms with Crippen LogP contribution >= 0.6 is 0 Å². The third-order valence-electron chi connectivity index (χ3n) is 1.97. The van der Waals surface area contributed by atoms with E-state index in [9.17, 15) is 0 Å². The molecule has 1 aromatic rings. The quantitative estimate of drug-likeness (QED) is 0.635. The molecule has 0 unspecified atom stereocenters. The van der Waals surface area contributed by atoms with Crippen LogP contribution in [0.1, 0.15) is 11.6 Å². The molecule has 62 valence electrons. The van der Waals surface area contributed by atoms with E-state index >= 15 is 0 Å². The average Bonchev–Trinajstić information content (AvgIpc) is 2.54. The first-order valence-corrected chi connectivity index (χ1v) is 3.97. The van der Waals surface area contributed by atoms with Crippen molar-refractivity contribution in [2.75, 3.05) is 6.54 Å². The highest BCUT2D eigenvalue weighted by atomic mass is 15.2. The van der Waals surface area contributed by atoms with Crippen molar-refractivity contribution in [3.05, 3.63) is 35.9 Å². The zero-order valence-electron chi connectivity index (χ0n) is 6.70. The molecule has 0 amide bonds. The van der Waals surface area contributed by atoms with Crippen molar-refractivity contribution in [1.82, 2.24) is 5.32 Å². The predicted octanol–water partition coefficient (Wildman–Crippen LogP) is 0.646. The second kappa shape index (κ2) is 2.85. The van der Waals surface area contributed by atoms with Gasteiger partial charge in [-0.15, -0.1) is 0 Å². The molecule has 1 atom stereocenters. The van der Waals surface area contributed by atoms with Crippen molar-refractivity contribution in [1.29, 1.82) is 0 Å². The number of hydrogen-bond acceptors (Lipinski definition) is 3. The Bertz CT molecular complexity index is 292. The molecule has 0 radical (unpaired) electrons. The molecule has 12 heavy (non-hydrogen) atoms. The molecule has 3 heteroatoms. The van der Waals surface area contributed by atoms with Crippen LogP contribution in [0.2, 0.25) is 0 Å². The highest BCUT2D eigenvalue weighted by Gasteiger charge is 2.15. The first-order chi connectivity index (χ1) is 5.86. The van der Waals surface area contributed by atoms with E-state index in [1.807, 2.05) is 18.2 Å². The third kappa shape index (κ3) is 1.25. The summed E-state index contributed by atoms with van der Waals surface area (Å²) in [5.41, 5.74) is 6.74. The summed E-state index contributed by atoms with van der Waals surface area (Å²) >= 11 is 0. The topological polar surface area (TPSA) is 50.4 Å². The predicted molar refractivity (Wildman–Crippen MR) is 48.8 cm³/mol. The maximum atomic E-state index is 5.50. The molecule has 1 aliphatic rings.